The predicted molar refractivity (Wildman–Crippen MR) is 142 cm³/mol. The highest BCUT2D eigenvalue weighted by Gasteiger charge is 2.53. The number of carbonyl (C=O) groups is 1. The minimum atomic E-state index is -4.47. The number of imidazole rings is 1. The summed E-state index contributed by atoms with van der Waals surface area (Å²) in [4.78, 5) is 35.5. The van der Waals surface area contributed by atoms with Gasteiger partial charge in [0.15, 0.2) is 31.5 Å². The van der Waals surface area contributed by atoms with Crippen molar-refractivity contribution in [1.82, 2.24) is 19.5 Å². The maximum absolute atomic E-state index is 12.7. The third-order valence-corrected chi connectivity index (χ3v) is 11.9. The Kier molecular flexibility index (Phi) is 7.90. The van der Waals surface area contributed by atoms with Crippen LogP contribution in [0.2, 0.25) is 18.1 Å². The molecule has 0 spiro atoms. The largest absolute Gasteiger partial charge is 0.407 e. The second kappa shape index (κ2) is 10.5. The molecule has 5 N–H and O–H groups in total. The van der Waals surface area contributed by atoms with E-state index in [2.05, 4.69) is 20.3 Å². The molecule has 1 aliphatic rings. The molecular weight excluding hydrogens is 531 g/mol. The summed E-state index contributed by atoms with van der Waals surface area (Å²) < 4.78 is 31.7. The smallest absolute Gasteiger partial charge is 0.400 e. The van der Waals surface area contributed by atoms with Gasteiger partial charge >= 0.3 is 7.75 Å². The number of ether oxygens (including phenoxy) is 1. The molecule has 2 aromatic heterocycles. The Labute approximate surface area is 221 Å². The highest BCUT2D eigenvalue weighted by Crippen LogP contribution is 2.46. The van der Waals surface area contributed by atoms with Crippen LogP contribution in [0.3, 0.4) is 0 Å². The molecule has 13 nitrogen and oxygen atoms in total. The Morgan fingerprint density at radius 3 is 2.50 bits per heavy atom. The van der Waals surface area contributed by atoms with E-state index in [4.69, 9.17) is 19.2 Å². The van der Waals surface area contributed by atoms with Gasteiger partial charge in [-0.2, -0.15) is 0 Å². The molecule has 38 heavy (non-hydrogen) atoms. The van der Waals surface area contributed by atoms with Gasteiger partial charge in [-0.25, -0.2) is 25.0 Å². The summed E-state index contributed by atoms with van der Waals surface area (Å²) in [6, 6.07) is 8.66. The lowest BCUT2D eigenvalue weighted by Gasteiger charge is -2.40. The van der Waals surface area contributed by atoms with E-state index in [-0.39, 0.29) is 16.8 Å². The fourth-order valence-corrected chi connectivity index (χ4v) is 5.81. The van der Waals surface area contributed by atoms with Crippen LogP contribution in [-0.4, -0.2) is 68.7 Å². The lowest BCUT2D eigenvalue weighted by Crippen LogP contribution is -2.49. The summed E-state index contributed by atoms with van der Waals surface area (Å²) in [6.07, 6.45) is -1.34. The van der Waals surface area contributed by atoms with Gasteiger partial charge in [-0.1, -0.05) is 39.0 Å². The molecule has 5 atom stereocenters. The van der Waals surface area contributed by atoms with Gasteiger partial charge < -0.3 is 24.5 Å². The molecule has 0 aliphatic carbocycles. The van der Waals surface area contributed by atoms with Gasteiger partial charge in [0.25, 0.3) is 5.91 Å². The number of amides is 1. The summed E-state index contributed by atoms with van der Waals surface area (Å²) in [5, 5.41) is 12.6. The number of nitrogens with one attached hydrogen (secondary N) is 1. The maximum Gasteiger partial charge on any atom is 0.400 e. The zero-order chi connectivity index (χ0) is 27.9. The van der Waals surface area contributed by atoms with Crippen molar-refractivity contribution in [2.45, 2.75) is 63.4 Å². The highest BCUT2D eigenvalue weighted by molar-refractivity contribution is 7.50. The van der Waals surface area contributed by atoms with Crippen LogP contribution in [0.5, 0.6) is 0 Å². The Balaban J connectivity index is 1.74. The molecule has 4 rings (SSSR count). The average Bonchev–Trinajstić information content (AvgIpc) is 3.40. The fraction of sp³-hybridized carbons (Fsp3) is 0.478. The highest BCUT2D eigenvalue weighted by atomic mass is 31.2. The van der Waals surface area contributed by atoms with E-state index in [1.807, 2.05) is 39.9 Å². The number of fused-ring (bicyclic) bond motifs is 1. The van der Waals surface area contributed by atoms with Crippen molar-refractivity contribution < 1.29 is 33.0 Å². The van der Waals surface area contributed by atoms with Crippen LogP contribution in [0.1, 0.15) is 37.4 Å². The Morgan fingerprint density at radius 2 is 1.89 bits per heavy atom. The first-order chi connectivity index (χ1) is 17.7. The van der Waals surface area contributed by atoms with Crippen molar-refractivity contribution >= 4 is 39.0 Å². The van der Waals surface area contributed by atoms with E-state index in [1.54, 1.807) is 28.8 Å². The number of benzene rings is 1. The molecule has 1 unspecified atom stereocenters. The first-order valence-corrected chi connectivity index (χ1v) is 16.5. The summed E-state index contributed by atoms with van der Waals surface area (Å²) >= 11 is 0. The topological polar surface area (TPSA) is 184 Å². The fourth-order valence-electron chi connectivity index (χ4n) is 3.92. The monoisotopic (exact) mass is 564 g/mol. The van der Waals surface area contributed by atoms with E-state index >= 15 is 0 Å². The molecule has 0 radical (unpaired) electrons. The molecule has 0 bridgehead atoms. The molecule has 206 valence electrons. The van der Waals surface area contributed by atoms with Gasteiger partial charge in [0.1, 0.15) is 24.6 Å². The Hall–Kier alpha value is -2.55. The van der Waals surface area contributed by atoms with Crippen molar-refractivity contribution in [3.8, 4) is 0 Å². The quantitative estimate of drug-likeness (QED) is 0.233. The van der Waals surface area contributed by atoms with Gasteiger partial charge in [0.2, 0.25) is 0 Å². The average molecular weight is 565 g/mol. The van der Waals surface area contributed by atoms with Gasteiger partial charge in [0, 0.05) is 5.56 Å². The minimum absolute atomic E-state index is 0.191. The number of hydrogen-bond acceptors (Lipinski definition) is 9. The minimum Gasteiger partial charge on any atom is -0.407 e. The summed E-state index contributed by atoms with van der Waals surface area (Å²) in [7, 11) is -6.97. The number of nitrogens with zero attached hydrogens (tertiary/aromatic N) is 4. The number of hydrogen-bond donors (Lipinski definition) is 4. The Bertz CT molecular complexity index is 1340. The molecule has 15 heteroatoms. The van der Waals surface area contributed by atoms with Crippen LogP contribution < -0.4 is 10.8 Å². The standard InChI is InChI=1S/C23H33N6O7PSi/c1-23(2,3)38(4,5)36-18-17(35-37(24,32)33)15(11-30)34-22(18)29-13-27-16-19(25-12-26-20(16)29)28-21(31)14-9-7-6-8-10-14/h6-10,12-13,15,17-18,22,30H,11H2,1-5H3,(H3,24,32,33)(H,25,26,28,31)/t15-,17+,18+,22+/m0/s1. The van der Waals surface area contributed by atoms with Gasteiger partial charge in [0.05, 0.1) is 12.9 Å². The third-order valence-electron chi connectivity index (χ3n) is 6.88. The Morgan fingerprint density at radius 1 is 1.21 bits per heavy atom. The molecule has 1 amide bonds. The van der Waals surface area contributed by atoms with Gasteiger partial charge in [-0.15, -0.1) is 0 Å². The molecule has 1 aromatic carbocycles. The van der Waals surface area contributed by atoms with E-state index < -0.39 is 47.2 Å². The molecule has 1 fully saturated rings. The first kappa shape index (κ1) is 28.5. The lowest BCUT2D eigenvalue weighted by molar-refractivity contribution is -0.0489. The normalized spacial score (nSPS) is 23.9. The third kappa shape index (κ3) is 5.87. The maximum atomic E-state index is 12.7. The predicted octanol–water partition coefficient (Wildman–Crippen LogP) is 2.80. The molecular formula is C23H33N6O7PSi. The second-order valence-corrected chi connectivity index (χ2v) is 16.7. The van der Waals surface area contributed by atoms with Gasteiger partial charge in [-0.3, -0.25) is 13.9 Å². The molecule has 1 aliphatic heterocycles. The van der Waals surface area contributed by atoms with Crippen molar-refractivity contribution in [1.29, 1.82) is 0 Å². The van der Waals surface area contributed by atoms with E-state index in [0.717, 1.165) is 0 Å². The van der Waals surface area contributed by atoms with E-state index in [0.29, 0.717) is 16.7 Å². The molecule has 3 heterocycles. The number of nitrogens with two attached hydrogens (primary N) is 1. The second-order valence-electron chi connectivity index (χ2n) is 10.6. The number of aliphatic hydroxyl groups excluding tert-OH is 1. The number of anilines is 1. The lowest BCUT2D eigenvalue weighted by atomic mass is 10.1. The molecule has 3 aromatic rings. The summed E-state index contributed by atoms with van der Waals surface area (Å²) in [6.45, 7) is 9.65. The zero-order valence-corrected chi connectivity index (χ0v) is 23.7. The van der Waals surface area contributed by atoms with Crippen LogP contribution in [-0.2, 0) is 18.3 Å². The van der Waals surface area contributed by atoms with Gasteiger partial charge in [-0.05, 0) is 30.3 Å². The first-order valence-electron chi connectivity index (χ1n) is 12.0. The van der Waals surface area contributed by atoms with Crippen LogP contribution in [0.25, 0.3) is 11.2 Å². The summed E-state index contributed by atoms with van der Waals surface area (Å²) in [5.41, 5.74) is 6.40. The van der Waals surface area contributed by atoms with Crippen LogP contribution >= 0.6 is 7.75 Å². The number of aromatic nitrogens is 4. The number of rotatable bonds is 8. The van der Waals surface area contributed by atoms with Crippen molar-refractivity contribution in [3.63, 3.8) is 0 Å². The zero-order valence-electron chi connectivity index (χ0n) is 21.8. The molecule has 0 saturated carbocycles. The molecule has 1 saturated heterocycles. The van der Waals surface area contributed by atoms with Crippen molar-refractivity contribution in [2.24, 2.45) is 5.50 Å². The van der Waals surface area contributed by atoms with Crippen LogP contribution in [0.15, 0.2) is 43.0 Å². The van der Waals surface area contributed by atoms with E-state index in [9.17, 15) is 19.4 Å². The van der Waals surface area contributed by atoms with Crippen LogP contribution in [0.4, 0.5) is 5.82 Å². The summed E-state index contributed by atoms with van der Waals surface area (Å²) in [5.74, 6) is -0.178. The van der Waals surface area contributed by atoms with Crippen molar-refractivity contribution in [3.05, 3.63) is 48.5 Å². The number of aliphatic hydroxyl groups is 1. The SMILES string of the molecule is CC(C)(C)[Si](C)(C)O[C@@H]1[C@H](OP(N)(=O)O)[C@H](CO)O[C@H]1n1cnc2c(NC(=O)c3ccccc3)ncnc21. The van der Waals surface area contributed by atoms with E-state index in [1.165, 1.54) is 12.7 Å². The van der Waals surface area contributed by atoms with Crippen molar-refractivity contribution in [2.75, 3.05) is 11.9 Å². The van der Waals surface area contributed by atoms with Crippen LogP contribution in [0, 0.1) is 0 Å². The number of carbonyl (C=O) groups excluding carboxylic acids is 1.